The fourth-order valence-corrected chi connectivity index (χ4v) is 3.25. The van der Waals surface area contributed by atoms with Gasteiger partial charge in [0.15, 0.2) is 0 Å². The Balaban J connectivity index is 1.70. The Morgan fingerprint density at radius 2 is 2.08 bits per heavy atom. The number of aromatic nitrogens is 1. The van der Waals surface area contributed by atoms with Gasteiger partial charge in [0.1, 0.15) is 6.54 Å². The number of pyridine rings is 1. The van der Waals surface area contributed by atoms with Crippen molar-refractivity contribution in [3.63, 3.8) is 0 Å². The number of nitrogens with two attached hydrogens (primary N) is 1. The molecule has 3 rings (SSSR count). The highest BCUT2D eigenvalue weighted by Gasteiger charge is 2.34. The molecule has 1 fully saturated rings. The molecule has 1 aromatic heterocycles. The normalized spacial score (nSPS) is 20.0. The minimum atomic E-state index is -0.645. The molecule has 7 nitrogen and oxygen atoms in total. The maximum atomic E-state index is 12.3. The highest BCUT2D eigenvalue weighted by atomic mass is 16.3. The molecule has 2 heterocycles. The van der Waals surface area contributed by atoms with E-state index >= 15 is 0 Å². The first kappa shape index (κ1) is 17.2. The number of urea groups is 1. The fourth-order valence-electron chi connectivity index (χ4n) is 3.25. The largest absolute Gasteiger partial charge is 0.391 e. The van der Waals surface area contributed by atoms with Crippen LogP contribution in [0.5, 0.6) is 0 Å². The van der Waals surface area contributed by atoms with Crippen molar-refractivity contribution in [2.75, 3.05) is 26.7 Å². The summed E-state index contributed by atoms with van der Waals surface area (Å²) in [5, 5.41) is 11.4. The summed E-state index contributed by atoms with van der Waals surface area (Å²) in [6.45, 7) is 0.662. The maximum Gasteiger partial charge on any atom is 0.314 e. The van der Waals surface area contributed by atoms with Gasteiger partial charge in [-0.2, -0.15) is 0 Å². The van der Waals surface area contributed by atoms with Crippen LogP contribution >= 0.6 is 0 Å². The van der Waals surface area contributed by atoms with E-state index in [0.717, 1.165) is 16.5 Å². The van der Waals surface area contributed by atoms with Crippen molar-refractivity contribution in [1.82, 2.24) is 14.8 Å². The summed E-state index contributed by atoms with van der Waals surface area (Å²) < 4.78 is 0. The Labute approximate surface area is 146 Å². The molecule has 2 atom stereocenters. The van der Waals surface area contributed by atoms with Crippen molar-refractivity contribution >= 4 is 22.8 Å². The number of amides is 3. The van der Waals surface area contributed by atoms with Crippen molar-refractivity contribution in [3.05, 3.63) is 42.1 Å². The molecular formula is C18H22N4O3. The first-order chi connectivity index (χ1) is 12.0. The van der Waals surface area contributed by atoms with Gasteiger partial charge in [0.05, 0.1) is 11.6 Å². The van der Waals surface area contributed by atoms with Crippen LogP contribution in [0.2, 0.25) is 0 Å². The lowest BCUT2D eigenvalue weighted by Gasteiger charge is -2.20. The summed E-state index contributed by atoms with van der Waals surface area (Å²) in [6.07, 6.45) is 1.85. The van der Waals surface area contributed by atoms with Crippen molar-refractivity contribution in [2.45, 2.75) is 12.5 Å². The first-order valence-corrected chi connectivity index (χ1v) is 8.24. The van der Waals surface area contributed by atoms with E-state index in [2.05, 4.69) is 4.98 Å². The van der Waals surface area contributed by atoms with E-state index in [1.54, 1.807) is 11.1 Å². The number of β-amino-alcohol motifs (C(OH)–C–C–N with tert-alkyl or cyclic N) is 1. The van der Waals surface area contributed by atoms with E-state index in [1.165, 1.54) is 11.9 Å². The van der Waals surface area contributed by atoms with E-state index in [-0.39, 0.29) is 24.9 Å². The minimum absolute atomic E-state index is 0.0476. The summed E-state index contributed by atoms with van der Waals surface area (Å²) in [4.78, 5) is 30.4. The monoisotopic (exact) mass is 342 g/mol. The van der Waals surface area contributed by atoms with E-state index in [0.29, 0.717) is 13.0 Å². The van der Waals surface area contributed by atoms with E-state index < -0.39 is 12.1 Å². The number of hydrogen-bond donors (Lipinski definition) is 2. The topological polar surface area (TPSA) is 99.8 Å². The third-order valence-corrected chi connectivity index (χ3v) is 4.73. The molecule has 1 aliphatic heterocycles. The molecule has 3 amide bonds. The van der Waals surface area contributed by atoms with Crippen LogP contribution in [0.4, 0.5) is 4.79 Å². The first-order valence-electron chi connectivity index (χ1n) is 8.24. The number of likely N-dealkylation sites (N-methyl/N-ethyl adjacent to an activating group) is 1. The number of benzene rings is 1. The van der Waals surface area contributed by atoms with Crippen molar-refractivity contribution < 1.29 is 14.7 Å². The number of aliphatic hydroxyl groups excluding tert-OH is 1. The van der Waals surface area contributed by atoms with Gasteiger partial charge < -0.3 is 20.6 Å². The third-order valence-electron chi connectivity index (χ3n) is 4.73. The molecule has 1 saturated heterocycles. The number of para-hydroxylation sites is 1. The Hall–Kier alpha value is -2.67. The predicted octanol–water partition coefficient (Wildman–Crippen LogP) is 0.607. The third kappa shape index (κ3) is 3.71. The van der Waals surface area contributed by atoms with Crippen LogP contribution in [0.1, 0.15) is 5.56 Å². The predicted molar refractivity (Wildman–Crippen MR) is 93.7 cm³/mol. The van der Waals surface area contributed by atoms with Gasteiger partial charge in [0.2, 0.25) is 5.91 Å². The Kier molecular flexibility index (Phi) is 4.85. The zero-order chi connectivity index (χ0) is 18.0. The van der Waals surface area contributed by atoms with Gasteiger partial charge in [0.25, 0.3) is 0 Å². The number of hydrogen-bond acceptors (Lipinski definition) is 4. The van der Waals surface area contributed by atoms with Gasteiger partial charge in [-0.15, -0.1) is 0 Å². The average Bonchev–Trinajstić information content (AvgIpc) is 2.96. The van der Waals surface area contributed by atoms with Crippen molar-refractivity contribution in [1.29, 1.82) is 0 Å². The standard InChI is InChI=1S/C18H22N4O3/c1-21(18(19)25)11-17(24)22-9-13(16(23)10-22)8-12-6-7-20-15-5-3-2-4-14(12)15/h2-7,13,16,23H,8-11H2,1H3,(H2,19,25)/t13-,16+/m1/s1. The number of rotatable bonds is 4. The zero-order valence-corrected chi connectivity index (χ0v) is 14.1. The van der Waals surface area contributed by atoms with Crippen LogP contribution in [0, 0.1) is 5.92 Å². The molecule has 1 aliphatic rings. The second-order valence-corrected chi connectivity index (χ2v) is 6.51. The molecular weight excluding hydrogens is 320 g/mol. The number of carbonyl (C=O) groups is 2. The highest BCUT2D eigenvalue weighted by Crippen LogP contribution is 2.25. The lowest BCUT2D eigenvalue weighted by molar-refractivity contribution is -0.130. The second-order valence-electron chi connectivity index (χ2n) is 6.51. The van der Waals surface area contributed by atoms with Gasteiger partial charge in [-0.3, -0.25) is 9.78 Å². The molecule has 25 heavy (non-hydrogen) atoms. The molecule has 0 radical (unpaired) electrons. The summed E-state index contributed by atoms with van der Waals surface area (Å²) in [6, 6.07) is 9.20. The van der Waals surface area contributed by atoms with Gasteiger partial charge in [-0.25, -0.2) is 4.79 Å². The van der Waals surface area contributed by atoms with E-state index in [4.69, 9.17) is 5.73 Å². The summed E-state index contributed by atoms with van der Waals surface area (Å²) in [5.74, 6) is -0.254. The maximum absolute atomic E-state index is 12.3. The van der Waals surface area contributed by atoms with E-state index in [1.807, 2.05) is 30.3 Å². The number of primary amides is 1. The molecule has 7 heteroatoms. The van der Waals surface area contributed by atoms with Crippen LogP contribution in [0.15, 0.2) is 36.5 Å². The number of likely N-dealkylation sites (tertiary alicyclic amines) is 1. The number of aliphatic hydroxyl groups is 1. The molecule has 0 saturated carbocycles. The summed E-state index contributed by atoms with van der Waals surface area (Å²) in [7, 11) is 1.48. The molecule has 3 N–H and O–H groups in total. The van der Waals surface area contributed by atoms with Crippen LogP contribution in [-0.4, -0.2) is 64.6 Å². The summed E-state index contributed by atoms with van der Waals surface area (Å²) >= 11 is 0. The van der Waals surface area contributed by atoms with Crippen LogP contribution in [0.3, 0.4) is 0 Å². The molecule has 0 aliphatic carbocycles. The molecule has 1 aromatic carbocycles. The molecule has 132 valence electrons. The fraction of sp³-hybridized carbons (Fsp3) is 0.389. The zero-order valence-electron chi connectivity index (χ0n) is 14.1. The highest BCUT2D eigenvalue weighted by molar-refractivity contribution is 5.84. The molecule has 0 unspecified atom stereocenters. The minimum Gasteiger partial charge on any atom is -0.391 e. The quantitative estimate of drug-likeness (QED) is 0.850. The SMILES string of the molecule is CN(CC(=O)N1C[C@@H](Cc2ccnc3ccccc23)[C@@H](O)C1)C(N)=O. The smallest absolute Gasteiger partial charge is 0.314 e. The Morgan fingerprint density at radius 1 is 1.32 bits per heavy atom. The number of fused-ring (bicyclic) bond motifs is 1. The molecule has 2 aromatic rings. The van der Waals surface area contributed by atoms with Gasteiger partial charge >= 0.3 is 6.03 Å². The Bertz CT molecular complexity index is 789. The van der Waals surface area contributed by atoms with Crippen molar-refractivity contribution in [2.24, 2.45) is 11.7 Å². The van der Waals surface area contributed by atoms with Crippen molar-refractivity contribution in [3.8, 4) is 0 Å². The lowest BCUT2D eigenvalue weighted by Crippen LogP contribution is -2.42. The average molecular weight is 342 g/mol. The van der Waals surface area contributed by atoms with Crippen LogP contribution in [-0.2, 0) is 11.2 Å². The van der Waals surface area contributed by atoms with Gasteiger partial charge in [-0.1, -0.05) is 18.2 Å². The van der Waals surface area contributed by atoms with Gasteiger partial charge in [0, 0.05) is 37.6 Å². The number of nitrogens with zero attached hydrogens (tertiary/aromatic N) is 3. The van der Waals surface area contributed by atoms with Crippen LogP contribution < -0.4 is 5.73 Å². The van der Waals surface area contributed by atoms with Crippen LogP contribution in [0.25, 0.3) is 10.9 Å². The second kappa shape index (κ2) is 7.06. The number of carbonyl (C=O) groups excluding carboxylic acids is 2. The Morgan fingerprint density at radius 3 is 2.84 bits per heavy atom. The molecule has 0 spiro atoms. The lowest BCUT2D eigenvalue weighted by atomic mass is 9.94. The summed E-state index contributed by atoms with van der Waals surface area (Å²) in [5.41, 5.74) is 7.18. The van der Waals surface area contributed by atoms with Gasteiger partial charge in [-0.05, 0) is 24.1 Å². The van der Waals surface area contributed by atoms with E-state index in [9.17, 15) is 14.7 Å². The molecule has 0 bridgehead atoms.